The molecular weight excluding hydrogens is 392 g/mol. The topological polar surface area (TPSA) is 81.3 Å². The molecule has 2 aromatic carbocycles. The lowest BCUT2D eigenvalue weighted by molar-refractivity contribution is 0.0173. The van der Waals surface area contributed by atoms with Gasteiger partial charge < -0.3 is 14.1 Å². The molecule has 7 nitrogen and oxygen atoms in total. The number of ether oxygens (including phenoxy) is 1. The van der Waals surface area contributed by atoms with Crippen molar-refractivity contribution in [1.29, 1.82) is 0 Å². The molecule has 0 spiro atoms. The summed E-state index contributed by atoms with van der Waals surface area (Å²) in [5.41, 5.74) is 2.83. The molecule has 7 heteroatoms. The van der Waals surface area contributed by atoms with Crippen molar-refractivity contribution < 1.29 is 13.9 Å². The van der Waals surface area contributed by atoms with Crippen LogP contribution in [0, 0.1) is 0 Å². The number of carbonyl (C=O) groups is 1. The number of amides is 1. The van der Waals surface area contributed by atoms with Crippen LogP contribution in [0.5, 0.6) is 5.75 Å². The molecule has 0 N–H and O–H groups in total. The highest BCUT2D eigenvalue weighted by Gasteiger charge is 2.34. The predicted octanol–water partition coefficient (Wildman–Crippen LogP) is 3.63. The largest absolute Gasteiger partial charge is 0.487 e. The summed E-state index contributed by atoms with van der Waals surface area (Å²) in [6, 6.07) is 23.3. The number of hydrogen-bond donors (Lipinski definition) is 0. The highest BCUT2D eigenvalue weighted by atomic mass is 16.5. The third kappa shape index (κ3) is 4.30. The molecule has 1 fully saturated rings. The van der Waals surface area contributed by atoms with Gasteiger partial charge in [0.25, 0.3) is 5.91 Å². The molecule has 31 heavy (non-hydrogen) atoms. The molecule has 0 saturated carbocycles. The number of para-hydroxylation sites is 1. The lowest BCUT2D eigenvalue weighted by Gasteiger charge is -2.38. The second-order valence-corrected chi connectivity index (χ2v) is 7.34. The van der Waals surface area contributed by atoms with Gasteiger partial charge in [-0.2, -0.15) is 10.2 Å². The van der Waals surface area contributed by atoms with Crippen LogP contribution in [0.2, 0.25) is 0 Å². The maximum atomic E-state index is 12.6. The van der Waals surface area contributed by atoms with E-state index >= 15 is 0 Å². The molecule has 0 bridgehead atoms. The van der Waals surface area contributed by atoms with Gasteiger partial charge >= 0.3 is 0 Å². The van der Waals surface area contributed by atoms with E-state index in [2.05, 4.69) is 15.2 Å². The minimum atomic E-state index is -0.159. The van der Waals surface area contributed by atoms with Crippen LogP contribution in [0.25, 0.3) is 11.3 Å². The van der Waals surface area contributed by atoms with Gasteiger partial charge in [0, 0.05) is 5.56 Å². The predicted molar refractivity (Wildman–Crippen MR) is 114 cm³/mol. The summed E-state index contributed by atoms with van der Waals surface area (Å²) in [6.07, 6.45) is 1.76. The van der Waals surface area contributed by atoms with Crippen LogP contribution in [0.4, 0.5) is 0 Å². The second kappa shape index (κ2) is 8.39. The van der Waals surface area contributed by atoms with Crippen molar-refractivity contribution in [1.82, 2.24) is 20.1 Å². The molecule has 0 unspecified atom stereocenters. The molecule has 0 radical (unpaired) electrons. The van der Waals surface area contributed by atoms with Crippen LogP contribution < -0.4 is 4.74 Å². The summed E-state index contributed by atoms with van der Waals surface area (Å²) in [5.74, 6) is 1.08. The Hall–Kier alpha value is -4.00. The van der Waals surface area contributed by atoms with Crippen LogP contribution in [-0.2, 0) is 6.42 Å². The Morgan fingerprint density at radius 2 is 1.71 bits per heavy atom. The summed E-state index contributed by atoms with van der Waals surface area (Å²) in [4.78, 5) is 18.6. The van der Waals surface area contributed by atoms with Gasteiger partial charge in [0.15, 0.2) is 5.69 Å². The average Bonchev–Trinajstić information content (AvgIpc) is 3.26. The molecule has 5 rings (SSSR count). The van der Waals surface area contributed by atoms with E-state index in [0.717, 1.165) is 22.7 Å². The van der Waals surface area contributed by atoms with Crippen molar-refractivity contribution in [2.24, 2.45) is 0 Å². The molecule has 3 heterocycles. The Labute approximate surface area is 179 Å². The van der Waals surface area contributed by atoms with E-state index in [0.29, 0.717) is 31.1 Å². The molecule has 1 saturated heterocycles. The van der Waals surface area contributed by atoms with E-state index in [-0.39, 0.29) is 12.0 Å². The van der Waals surface area contributed by atoms with Gasteiger partial charge in [0.2, 0.25) is 5.89 Å². The monoisotopic (exact) mass is 412 g/mol. The minimum Gasteiger partial charge on any atom is -0.487 e. The van der Waals surface area contributed by atoms with Gasteiger partial charge in [-0.1, -0.05) is 48.5 Å². The number of benzene rings is 2. The zero-order chi connectivity index (χ0) is 21.0. The number of nitrogens with zero attached hydrogens (tertiary/aromatic N) is 4. The smallest absolute Gasteiger partial charge is 0.276 e. The first-order valence-electron chi connectivity index (χ1n) is 10.1. The Morgan fingerprint density at radius 1 is 0.968 bits per heavy atom. The Kier molecular flexibility index (Phi) is 5.14. The Morgan fingerprint density at radius 3 is 2.42 bits per heavy atom. The van der Waals surface area contributed by atoms with E-state index in [9.17, 15) is 4.79 Å². The molecule has 4 aromatic rings. The lowest BCUT2D eigenvalue weighted by Crippen LogP contribution is -2.56. The molecule has 1 aliphatic rings. The first kappa shape index (κ1) is 19.0. The van der Waals surface area contributed by atoms with Crippen LogP contribution >= 0.6 is 0 Å². The molecular formula is C24H20N4O3. The van der Waals surface area contributed by atoms with Crippen LogP contribution in [0.1, 0.15) is 22.1 Å². The lowest BCUT2D eigenvalue weighted by atomic mass is 10.1. The highest BCUT2D eigenvalue weighted by Crippen LogP contribution is 2.20. The fraction of sp³-hybridized carbons (Fsp3) is 0.167. The number of rotatable bonds is 6. The number of likely N-dealkylation sites (tertiary alicyclic amines) is 1. The van der Waals surface area contributed by atoms with Gasteiger partial charge in [-0.15, -0.1) is 0 Å². The molecule has 0 aliphatic carbocycles. The van der Waals surface area contributed by atoms with Crippen molar-refractivity contribution in [3.8, 4) is 17.0 Å². The quantitative estimate of drug-likeness (QED) is 0.481. The summed E-state index contributed by atoms with van der Waals surface area (Å²) in [5, 5.41) is 8.53. The molecule has 0 atom stereocenters. The van der Waals surface area contributed by atoms with Crippen LogP contribution in [0.15, 0.2) is 83.5 Å². The van der Waals surface area contributed by atoms with Gasteiger partial charge in [-0.05, 0) is 24.3 Å². The Bertz CT molecular complexity index is 1150. The van der Waals surface area contributed by atoms with E-state index in [1.807, 2.05) is 72.8 Å². The number of aromatic nitrogens is 3. The standard InChI is InChI=1S/C24H20N4O3/c29-24(28-14-20(15-28)31-19-9-5-2-6-10-19)22-16-30-23(25-22)13-18-11-12-21(27-26-18)17-7-3-1-4-8-17/h1-12,16,20H,13-15H2. The molecule has 2 aromatic heterocycles. The molecule has 154 valence electrons. The van der Waals surface area contributed by atoms with Gasteiger partial charge in [-0.3, -0.25) is 4.79 Å². The third-order valence-corrected chi connectivity index (χ3v) is 5.07. The third-order valence-electron chi connectivity index (χ3n) is 5.07. The van der Waals surface area contributed by atoms with Crippen LogP contribution in [0.3, 0.4) is 0 Å². The molecule has 1 amide bonds. The van der Waals surface area contributed by atoms with E-state index in [4.69, 9.17) is 9.15 Å². The number of carbonyl (C=O) groups excluding carboxylic acids is 1. The first-order valence-corrected chi connectivity index (χ1v) is 10.1. The van der Waals surface area contributed by atoms with Gasteiger partial charge in [0.05, 0.1) is 30.9 Å². The van der Waals surface area contributed by atoms with Gasteiger partial charge in [-0.25, -0.2) is 4.98 Å². The minimum absolute atomic E-state index is 0.00359. The van der Waals surface area contributed by atoms with Crippen molar-refractivity contribution in [2.45, 2.75) is 12.5 Å². The van der Waals surface area contributed by atoms with Crippen molar-refractivity contribution in [3.63, 3.8) is 0 Å². The van der Waals surface area contributed by atoms with Crippen molar-refractivity contribution in [2.75, 3.05) is 13.1 Å². The maximum Gasteiger partial charge on any atom is 0.276 e. The summed E-state index contributed by atoms with van der Waals surface area (Å²) in [6.45, 7) is 1.06. The fourth-order valence-corrected chi connectivity index (χ4v) is 3.39. The van der Waals surface area contributed by atoms with Gasteiger partial charge in [0.1, 0.15) is 18.1 Å². The fourth-order valence-electron chi connectivity index (χ4n) is 3.39. The SMILES string of the molecule is O=C(c1coc(Cc2ccc(-c3ccccc3)nn2)n1)N1CC(Oc2ccccc2)C1. The van der Waals surface area contributed by atoms with E-state index < -0.39 is 0 Å². The average molecular weight is 412 g/mol. The zero-order valence-corrected chi connectivity index (χ0v) is 16.7. The summed E-state index contributed by atoms with van der Waals surface area (Å²) >= 11 is 0. The second-order valence-electron chi connectivity index (χ2n) is 7.34. The van der Waals surface area contributed by atoms with Crippen LogP contribution in [-0.4, -0.2) is 45.2 Å². The zero-order valence-electron chi connectivity index (χ0n) is 16.7. The number of oxazole rings is 1. The van der Waals surface area contributed by atoms with Crippen molar-refractivity contribution in [3.05, 3.63) is 96.3 Å². The summed E-state index contributed by atoms with van der Waals surface area (Å²) < 4.78 is 11.3. The number of hydrogen-bond acceptors (Lipinski definition) is 6. The van der Waals surface area contributed by atoms with Crippen molar-refractivity contribution >= 4 is 5.91 Å². The Balaban J connectivity index is 1.16. The highest BCUT2D eigenvalue weighted by molar-refractivity contribution is 5.92. The first-order chi connectivity index (χ1) is 15.2. The summed E-state index contributed by atoms with van der Waals surface area (Å²) in [7, 11) is 0. The van der Waals surface area contributed by atoms with E-state index in [1.165, 1.54) is 6.26 Å². The maximum absolute atomic E-state index is 12.6. The molecule has 1 aliphatic heterocycles. The normalized spacial score (nSPS) is 13.6. The van der Waals surface area contributed by atoms with E-state index in [1.54, 1.807) is 4.90 Å².